The Hall–Kier alpha value is -1.57. The first-order valence-electron chi connectivity index (χ1n) is 5.69. The first-order valence-corrected chi connectivity index (χ1v) is 5.69. The van der Waals surface area contributed by atoms with Gasteiger partial charge in [0.25, 0.3) is 0 Å². The van der Waals surface area contributed by atoms with Crippen molar-refractivity contribution in [2.45, 2.75) is 33.7 Å². The van der Waals surface area contributed by atoms with Crippen LogP contribution < -0.4 is 0 Å². The molecule has 0 atom stereocenters. The summed E-state index contributed by atoms with van der Waals surface area (Å²) in [7, 11) is 0. The summed E-state index contributed by atoms with van der Waals surface area (Å²) in [5.74, 6) is 0. The zero-order chi connectivity index (χ0) is 11.7. The van der Waals surface area contributed by atoms with E-state index in [-0.39, 0.29) is 0 Å². The second-order valence-electron chi connectivity index (χ2n) is 4.60. The number of aryl methyl sites for hydroxylation is 2. The van der Waals surface area contributed by atoms with Crippen LogP contribution >= 0.6 is 0 Å². The smallest absolute Gasteiger partial charge is 0.0568 e. The van der Waals surface area contributed by atoms with Crippen LogP contribution in [0, 0.1) is 13.8 Å². The van der Waals surface area contributed by atoms with Crippen molar-refractivity contribution in [2.75, 3.05) is 0 Å². The molecule has 0 spiro atoms. The Balaban J connectivity index is 2.39. The molecule has 0 radical (unpaired) electrons. The Bertz CT molecular complexity index is 495. The molecule has 0 amide bonds. The average Bonchev–Trinajstić information content (AvgIpc) is 2.71. The number of nitrogens with zero attached hydrogens (tertiary/aromatic N) is 2. The van der Waals surface area contributed by atoms with Gasteiger partial charge in [0.2, 0.25) is 0 Å². The molecule has 0 fully saturated rings. The lowest BCUT2D eigenvalue weighted by Gasteiger charge is -2.04. The van der Waals surface area contributed by atoms with Crippen LogP contribution in [0.5, 0.6) is 0 Å². The van der Waals surface area contributed by atoms with E-state index in [4.69, 9.17) is 0 Å². The SMILES string of the molecule is Cc1ccc(-c2cnn(C(C)C)c2)cc1C. The summed E-state index contributed by atoms with van der Waals surface area (Å²) in [6.45, 7) is 8.55. The van der Waals surface area contributed by atoms with E-state index in [0.717, 1.165) is 0 Å². The van der Waals surface area contributed by atoms with Gasteiger partial charge in [0, 0.05) is 17.8 Å². The van der Waals surface area contributed by atoms with Gasteiger partial charge in [-0.15, -0.1) is 0 Å². The zero-order valence-corrected chi connectivity index (χ0v) is 10.4. The van der Waals surface area contributed by atoms with Crippen LogP contribution in [-0.2, 0) is 0 Å². The Kier molecular flexibility index (Phi) is 2.82. The van der Waals surface area contributed by atoms with E-state index in [1.165, 1.54) is 22.3 Å². The zero-order valence-electron chi connectivity index (χ0n) is 10.4. The molecule has 84 valence electrons. The number of benzene rings is 1. The molecular formula is C14H18N2. The summed E-state index contributed by atoms with van der Waals surface area (Å²) < 4.78 is 1.99. The quantitative estimate of drug-likeness (QED) is 0.744. The van der Waals surface area contributed by atoms with Crippen LogP contribution in [0.2, 0.25) is 0 Å². The van der Waals surface area contributed by atoms with Gasteiger partial charge in [-0.1, -0.05) is 18.2 Å². The van der Waals surface area contributed by atoms with Gasteiger partial charge in [-0.3, -0.25) is 4.68 Å². The Morgan fingerprint density at radius 2 is 1.81 bits per heavy atom. The fourth-order valence-electron chi connectivity index (χ4n) is 1.69. The van der Waals surface area contributed by atoms with Crippen molar-refractivity contribution >= 4 is 0 Å². The molecule has 2 nitrogen and oxygen atoms in total. The van der Waals surface area contributed by atoms with Crippen LogP contribution in [0.3, 0.4) is 0 Å². The summed E-state index contributed by atoms with van der Waals surface area (Å²) >= 11 is 0. The summed E-state index contributed by atoms with van der Waals surface area (Å²) in [5, 5.41) is 4.36. The summed E-state index contributed by atoms with van der Waals surface area (Å²) in [6.07, 6.45) is 4.04. The van der Waals surface area contributed by atoms with Crippen molar-refractivity contribution in [1.29, 1.82) is 0 Å². The fraction of sp³-hybridized carbons (Fsp3) is 0.357. The molecule has 2 rings (SSSR count). The fourth-order valence-corrected chi connectivity index (χ4v) is 1.69. The van der Waals surface area contributed by atoms with E-state index in [2.05, 4.69) is 57.2 Å². The van der Waals surface area contributed by atoms with Crippen LogP contribution in [-0.4, -0.2) is 9.78 Å². The van der Waals surface area contributed by atoms with Crippen LogP contribution in [0.4, 0.5) is 0 Å². The van der Waals surface area contributed by atoms with E-state index in [9.17, 15) is 0 Å². The van der Waals surface area contributed by atoms with Crippen LogP contribution in [0.25, 0.3) is 11.1 Å². The molecule has 0 aliphatic heterocycles. The molecule has 0 bridgehead atoms. The third kappa shape index (κ3) is 2.01. The van der Waals surface area contributed by atoms with Gasteiger partial charge in [-0.05, 0) is 44.4 Å². The van der Waals surface area contributed by atoms with Gasteiger partial charge in [-0.2, -0.15) is 5.10 Å². The number of rotatable bonds is 2. The molecule has 0 aliphatic carbocycles. The maximum absolute atomic E-state index is 4.36. The topological polar surface area (TPSA) is 17.8 Å². The monoisotopic (exact) mass is 214 g/mol. The van der Waals surface area contributed by atoms with E-state index in [1.54, 1.807) is 0 Å². The van der Waals surface area contributed by atoms with Gasteiger partial charge < -0.3 is 0 Å². The maximum atomic E-state index is 4.36. The minimum absolute atomic E-state index is 0.417. The van der Waals surface area contributed by atoms with Gasteiger partial charge in [0.1, 0.15) is 0 Å². The van der Waals surface area contributed by atoms with Crippen molar-refractivity contribution in [3.63, 3.8) is 0 Å². The molecule has 1 aromatic carbocycles. The highest BCUT2D eigenvalue weighted by atomic mass is 15.3. The maximum Gasteiger partial charge on any atom is 0.0568 e. The highest BCUT2D eigenvalue weighted by molar-refractivity contribution is 5.63. The lowest BCUT2D eigenvalue weighted by Crippen LogP contribution is -1.99. The van der Waals surface area contributed by atoms with Gasteiger partial charge in [0.05, 0.1) is 6.20 Å². The summed E-state index contributed by atoms with van der Waals surface area (Å²) in [5.41, 5.74) is 5.10. The Morgan fingerprint density at radius 3 is 2.38 bits per heavy atom. The molecule has 0 aliphatic rings. The van der Waals surface area contributed by atoms with Crippen molar-refractivity contribution in [1.82, 2.24) is 9.78 Å². The largest absolute Gasteiger partial charge is 0.270 e. The van der Waals surface area contributed by atoms with Crippen molar-refractivity contribution < 1.29 is 0 Å². The minimum Gasteiger partial charge on any atom is -0.270 e. The first kappa shape index (κ1) is 10.9. The van der Waals surface area contributed by atoms with Gasteiger partial charge in [0.15, 0.2) is 0 Å². The lowest BCUT2D eigenvalue weighted by molar-refractivity contribution is 0.532. The van der Waals surface area contributed by atoms with Gasteiger partial charge >= 0.3 is 0 Å². The number of hydrogen-bond donors (Lipinski definition) is 0. The molecule has 16 heavy (non-hydrogen) atoms. The molecule has 1 heterocycles. The Labute approximate surface area is 96.9 Å². The lowest BCUT2D eigenvalue weighted by atomic mass is 10.0. The predicted molar refractivity (Wildman–Crippen MR) is 67.5 cm³/mol. The molecule has 0 saturated heterocycles. The number of hydrogen-bond acceptors (Lipinski definition) is 1. The molecule has 2 aromatic rings. The standard InChI is InChI=1S/C14H18N2/c1-10(2)16-9-14(8-15-16)13-6-5-11(3)12(4)7-13/h5-10H,1-4H3. The highest BCUT2D eigenvalue weighted by Crippen LogP contribution is 2.22. The summed E-state index contributed by atoms with van der Waals surface area (Å²) in [4.78, 5) is 0. The third-order valence-electron chi connectivity index (χ3n) is 2.97. The van der Waals surface area contributed by atoms with E-state index < -0.39 is 0 Å². The molecule has 2 heteroatoms. The second kappa shape index (κ2) is 4.12. The van der Waals surface area contributed by atoms with Crippen LogP contribution in [0.15, 0.2) is 30.6 Å². The van der Waals surface area contributed by atoms with E-state index >= 15 is 0 Å². The normalized spacial score (nSPS) is 11.1. The molecular weight excluding hydrogens is 196 g/mol. The molecule has 0 N–H and O–H groups in total. The Morgan fingerprint density at radius 1 is 1.06 bits per heavy atom. The van der Waals surface area contributed by atoms with Crippen molar-refractivity contribution in [2.24, 2.45) is 0 Å². The van der Waals surface area contributed by atoms with Crippen LogP contribution in [0.1, 0.15) is 31.0 Å². The van der Waals surface area contributed by atoms with E-state index in [1.807, 2.05) is 10.9 Å². The summed E-state index contributed by atoms with van der Waals surface area (Å²) in [6, 6.07) is 6.96. The first-order chi connectivity index (χ1) is 7.58. The molecule has 1 aromatic heterocycles. The molecule has 0 saturated carbocycles. The molecule has 0 unspecified atom stereocenters. The van der Waals surface area contributed by atoms with Crippen molar-refractivity contribution in [3.05, 3.63) is 41.7 Å². The highest BCUT2D eigenvalue weighted by Gasteiger charge is 2.04. The van der Waals surface area contributed by atoms with E-state index in [0.29, 0.717) is 6.04 Å². The number of aromatic nitrogens is 2. The van der Waals surface area contributed by atoms with Crippen molar-refractivity contribution in [3.8, 4) is 11.1 Å². The minimum atomic E-state index is 0.417. The average molecular weight is 214 g/mol. The van der Waals surface area contributed by atoms with Gasteiger partial charge in [-0.25, -0.2) is 0 Å². The predicted octanol–water partition coefficient (Wildman–Crippen LogP) is 3.75. The second-order valence-corrected chi connectivity index (χ2v) is 4.60. The third-order valence-corrected chi connectivity index (χ3v) is 2.97.